The topological polar surface area (TPSA) is 104 Å². The lowest BCUT2D eigenvalue weighted by molar-refractivity contribution is -0.157. The zero-order chi connectivity index (χ0) is 30.2. The van der Waals surface area contributed by atoms with Gasteiger partial charge in [-0.25, -0.2) is 4.79 Å². The Bertz CT molecular complexity index is 1290. The highest BCUT2D eigenvalue weighted by Gasteiger charge is 2.43. The number of amides is 2. The number of Topliss-reactive ketones (excluding diaryl/α,β-unsaturated/α-hetero) is 1. The summed E-state index contributed by atoms with van der Waals surface area (Å²) in [6.07, 6.45) is 4.56. The zero-order valence-corrected chi connectivity index (χ0v) is 26.0. The first-order valence-corrected chi connectivity index (χ1v) is 17.6. The number of hydrogen-bond donors (Lipinski definition) is 1. The minimum Gasteiger partial charge on any atom is -0.480 e. The van der Waals surface area contributed by atoms with Gasteiger partial charge in [0.25, 0.3) is 0 Å². The van der Waals surface area contributed by atoms with Crippen LogP contribution in [0.1, 0.15) is 61.3 Å². The fourth-order valence-electron chi connectivity index (χ4n) is 6.47. The molecule has 5 rings (SSSR count). The Balaban J connectivity index is 1.22. The number of ketones is 1. The van der Waals surface area contributed by atoms with Crippen molar-refractivity contribution in [3.05, 3.63) is 71.3 Å². The highest BCUT2D eigenvalue weighted by molar-refractivity contribution is 8.77. The van der Waals surface area contributed by atoms with Crippen LogP contribution in [0.2, 0.25) is 0 Å². The van der Waals surface area contributed by atoms with Crippen LogP contribution < -0.4 is 0 Å². The molecule has 1 N–H and O–H groups in total. The molecule has 2 aromatic rings. The zero-order valence-electron chi connectivity index (χ0n) is 24.4. The Kier molecular flexibility index (Phi) is 11.2. The first kappa shape index (κ1) is 31.6. The van der Waals surface area contributed by atoms with E-state index in [0.29, 0.717) is 70.6 Å². The van der Waals surface area contributed by atoms with Gasteiger partial charge < -0.3 is 19.6 Å². The molecule has 2 aromatic carbocycles. The number of nitrogens with zero attached hydrogens (tertiary/aromatic N) is 2. The van der Waals surface area contributed by atoms with Crippen LogP contribution in [0.5, 0.6) is 0 Å². The third kappa shape index (κ3) is 8.02. The second-order valence-electron chi connectivity index (χ2n) is 11.5. The molecule has 8 nitrogen and oxygen atoms in total. The lowest BCUT2D eigenvalue weighted by Crippen LogP contribution is -2.50. The lowest BCUT2D eigenvalue weighted by atomic mass is 9.89. The number of carboxylic acids is 1. The first-order valence-electron chi connectivity index (χ1n) is 15.3. The predicted octanol–water partition coefficient (Wildman–Crippen LogP) is 4.96. The molecule has 2 amide bonds. The minimum absolute atomic E-state index is 0.0644. The summed E-state index contributed by atoms with van der Waals surface area (Å²) in [5.41, 5.74) is 3.23. The number of carboxylic acid groups (broad SMARTS) is 1. The third-order valence-corrected chi connectivity index (χ3v) is 11.3. The van der Waals surface area contributed by atoms with E-state index in [1.165, 1.54) is 21.6 Å². The van der Waals surface area contributed by atoms with Crippen molar-refractivity contribution in [2.45, 2.75) is 68.7 Å². The maximum atomic E-state index is 13.9. The van der Waals surface area contributed by atoms with Crippen LogP contribution in [0.25, 0.3) is 0 Å². The second-order valence-corrected chi connectivity index (χ2v) is 14.1. The Hall–Kier alpha value is -2.82. The van der Waals surface area contributed by atoms with Crippen LogP contribution in [0.15, 0.2) is 54.6 Å². The standard InChI is InChI=1S/C33H40N2O6S2/c36-29(30(20-23-8-2-1-3-9-23)43-42-22-31(37)34-16-18-41-19-17-34)15-6-11-25-21-24-10-4-5-12-26(24)27-13-7-14-28(33(39)40)35(27)32(25)38/h1-5,8-10,12,25,27-28,30H,6-7,11,13-22H2,(H,39,40)/t25-,27?,28-,30?/m0/s1. The minimum atomic E-state index is -0.947. The number of rotatable bonds is 12. The van der Waals surface area contributed by atoms with Crippen molar-refractivity contribution in [1.29, 1.82) is 0 Å². The van der Waals surface area contributed by atoms with E-state index >= 15 is 0 Å². The largest absolute Gasteiger partial charge is 0.480 e. The summed E-state index contributed by atoms with van der Waals surface area (Å²) in [5.74, 6) is -0.930. The number of hydrogen-bond acceptors (Lipinski definition) is 7. The van der Waals surface area contributed by atoms with Crippen molar-refractivity contribution in [3.63, 3.8) is 0 Å². The Morgan fingerprint density at radius 1 is 1.00 bits per heavy atom. The van der Waals surface area contributed by atoms with E-state index in [1.54, 1.807) is 4.90 Å². The molecule has 3 heterocycles. The number of fused-ring (bicyclic) bond motifs is 3. The van der Waals surface area contributed by atoms with E-state index in [1.807, 2.05) is 53.4 Å². The molecule has 10 heteroatoms. The smallest absolute Gasteiger partial charge is 0.326 e. The van der Waals surface area contributed by atoms with E-state index in [0.717, 1.165) is 29.5 Å². The fraction of sp³-hybridized carbons (Fsp3) is 0.515. The van der Waals surface area contributed by atoms with Crippen molar-refractivity contribution in [1.82, 2.24) is 9.80 Å². The molecular formula is C33H40N2O6S2. The average molecular weight is 625 g/mol. The highest BCUT2D eigenvalue weighted by Crippen LogP contribution is 2.41. The molecule has 0 spiro atoms. The number of aliphatic carboxylic acids is 1. The number of benzene rings is 2. The predicted molar refractivity (Wildman–Crippen MR) is 169 cm³/mol. The Labute approximate surface area is 261 Å². The molecule has 4 atom stereocenters. The Morgan fingerprint density at radius 3 is 2.51 bits per heavy atom. The number of piperidine rings is 1. The van der Waals surface area contributed by atoms with Crippen molar-refractivity contribution in [2.24, 2.45) is 5.92 Å². The van der Waals surface area contributed by atoms with Gasteiger partial charge in [0, 0.05) is 25.4 Å². The molecule has 0 bridgehead atoms. The van der Waals surface area contributed by atoms with Gasteiger partial charge in [-0.2, -0.15) is 0 Å². The summed E-state index contributed by atoms with van der Waals surface area (Å²) >= 11 is 0. The Morgan fingerprint density at radius 2 is 1.74 bits per heavy atom. The molecule has 2 saturated heterocycles. The quantitative estimate of drug-likeness (QED) is 0.331. The SMILES string of the molecule is O=C(CCC[C@H]1Cc2ccccc2C2CCC[C@@H](C(=O)O)N2C1=O)C(Cc1ccccc1)SSCC(=O)N1CCOCC1. The summed E-state index contributed by atoms with van der Waals surface area (Å²) in [6.45, 7) is 2.32. The van der Waals surface area contributed by atoms with Gasteiger partial charge in [0.1, 0.15) is 11.8 Å². The van der Waals surface area contributed by atoms with Crippen LogP contribution in [-0.2, 0) is 36.8 Å². The maximum Gasteiger partial charge on any atom is 0.326 e. The van der Waals surface area contributed by atoms with Crippen LogP contribution in [0.3, 0.4) is 0 Å². The molecule has 0 radical (unpaired) electrons. The average Bonchev–Trinajstić information content (AvgIpc) is 3.15. The van der Waals surface area contributed by atoms with Crippen LogP contribution >= 0.6 is 21.6 Å². The van der Waals surface area contributed by atoms with E-state index in [-0.39, 0.29) is 34.8 Å². The highest BCUT2D eigenvalue weighted by atomic mass is 33.1. The molecule has 3 aliphatic rings. The monoisotopic (exact) mass is 624 g/mol. The lowest BCUT2D eigenvalue weighted by Gasteiger charge is -2.40. The van der Waals surface area contributed by atoms with Gasteiger partial charge in [-0.3, -0.25) is 14.4 Å². The molecule has 43 heavy (non-hydrogen) atoms. The summed E-state index contributed by atoms with van der Waals surface area (Å²) in [4.78, 5) is 55.7. The molecule has 0 aromatic heterocycles. The third-order valence-electron chi connectivity index (χ3n) is 8.73. The van der Waals surface area contributed by atoms with E-state index in [9.17, 15) is 24.3 Å². The van der Waals surface area contributed by atoms with Gasteiger partial charge in [-0.05, 0) is 61.6 Å². The molecule has 2 unspecified atom stereocenters. The van der Waals surface area contributed by atoms with Gasteiger partial charge in [-0.1, -0.05) is 76.2 Å². The van der Waals surface area contributed by atoms with Gasteiger partial charge in [0.2, 0.25) is 11.8 Å². The number of ether oxygens (including phenoxy) is 1. The van der Waals surface area contributed by atoms with E-state index < -0.39 is 12.0 Å². The maximum absolute atomic E-state index is 13.9. The summed E-state index contributed by atoms with van der Waals surface area (Å²) < 4.78 is 5.34. The fourth-order valence-corrected chi connectivity index (χ4v) is 9.00. The van der Waals surface area contributed by atoms with Crippen LogP contribution in [0, 0.1) is 5.92 Å². The molecule has 0 aliphatic carbocycles. The van der Waals surface area contributed by atoms with Crippen LogP contribution in [0.4, 0.5) is 0 Å². The van der Waals surface area contributed by atoms with Gasteiger partial charge >= 0.3 is 5.97 Å². The van der Waals surface area contributed by atoms with Crippen molar-refractivity contribution < 1.29 is 29.0 Å². The number of morpholine rings is 1. The molecule has 2 fully saturated rings. The first-order chi connectivity index (χ1) is 20.9. The van der Waals surface area contributed by atoms with E-state index in [4.69, 9.17) is 4.74 Å². The molecule has 0 saturated carbocycles. The van der Waals surface area contributed by atoms with Gasteiger partial charge in [0.15, 0.2) is 0 Å². The number of carbonyl (C=O) groups excluding carboxylic acids is 3. The molecule has 230 valence electrons. The summed E-state index contributed by atoms with van der Waals surface area (Å²) in [7, 11) is 2.89. The van der Waals surface area contributed by atoms with Gasteiger partial charge in [0.05, 0.1) is 30.3 Å². The van der Waals surface area contributed by atoms with E-state index in [2.05, 4.69) is 6.07 Å². The molecular weight excluding hydrogens is 585 g/mol. The van der Waals surface area contributed by atoms with Crippen molar-refractivity contribution in [2.75, 3.05) is 32.1 Å². The second kappa shape index (κ2) is 15.3. The molecule has 3 aliphatic heterocycles. The van der Waals surface area contributed by atoms with Gasteiger partial charge in [-0.15, -0.1) is 0 Å². The van der Waals surface area contributed by atoms with Crippen molar-refractivity contribution in [3.8, 4) is 0 Å². The summed E-state index contributed by atoms with van der Waals surface area (Å²) in [5, 5.41) is 9.65. The number of carbonyl (C=O) groups is 4. The van der Waals surface area contributed by atoms with Crippen molar-refractivity contribution >= 4 is 45.2 Å². The normalized spacial score (nSPS) is 22.7. The van der Waals surface area contributed by atoms with Crippen LogP contribution in [-0.4, -0.2) is 81.8 Å². The summed E-state index contributed by atoms with van der Waals surface area (Å²) in [6, 6.07) is 16.9.